The third kappa shape index (κ3) is 6.14. The normalized spacial score (nSPS) is 14.5. The van der Waals surface area contributed by atoms with Crippen molar-refractivity contribution < 1.29 is 27.4 Å². The number of hydrogen-bond acceptors (Lipinski definition) is 6. The topological polar surface area (TPSA) is 103 Å². The molecule has 1 aliphatic heterocycles. The zero-order valence-electron chi connectivity index (χ0n) is 18.6. The largest absolute Gasteiger partial charge is 0.497 e. The molecule has 1 aliphatic rings. The number of nitrogens with one attached hydrogen (secondary N) is 2. The van der Waals surface area contributed by atoms with E-state index in [1.54, 1.807) is 13.2 Å². The molecule has 3 rings (SSSR count). The van der Waals surface area contributed by atoms with Crippen molar-refractivity contribution in [3.63, 3.8) is 0 Å². The fourth-order valence-corrected chi connectivity index (χ4v) is 4.43. The molecule has 1 amide bonds. The fourth-order valence-electron chi connectivity index (χ4n) is 3.38. The van der Waals surface area contributed by atoms with Crippen LogP contribution < -0.4 is 24.2 Å². The zero-order valence-corrected chi connectivity index (χ0v) is 19.4. The molecule has 32 heavy (non-hydrogen) atoms. The lowest BCUT2D eigenvalue weighted by Gasteiger charge is -2.23. The maximum Gasteiger partial charge on any atom is 0.240 e. The van der Waals surface area contributed by atoms with Gasteiger partial charge in [0.15, 0.2) is 11.5 Å². The van der Waals surface area contributed by atoms with Crippen LogP contribution in [0, 0.1) is 5.92 Å². The van der Waals surface area contributed by atoms with E-state index in [-0.39, 0.29) is 35.7 Å². The maximum absolute atomic E-state index is 12.6. The third-order valence-electron chi connectivity index (χ3n) is 5.13. The molecule has 1 unspecified atom stereocenters. The molecular weight excluding hydrogens is 432 g/mol. The van der Waals surface area contributed by atoms with Gasteiger partial charge in [-0.3, -0.25) is 4.79 Å². The molecule has 8 nitrogen and oxygen atoms in total. The minimum atomic E-state index is -3.79. The van der Waals surface area contributed by atoms with E-state index in [1.807, 2.05) is 38.1 Å². The van der Waals surface area contributed by atoms with Gasteiger partial charge in [-0.15, -0.1) is 0 Å². The number of ether oxygens (including phenoxy) is 3. The smallest absolute Gasteiger partial charge is 0.240 e. The van der Waals surface area contributed by atoms with E-state index < -0.39 is 10.0 Å². The molecule has 1 atom stereocenters. The Morgan fingerprint density at radius 1 is 1.06 bits per heavy atom. The van der Waals surface area contributed by atoms with Crippen LogP contribution in [-0.2, 0) is 14.8 Å². The van der Waals surface area contributed by atoms with E-state index >= 15 is 0 Å². The van der Waals surface area contributed by atoms with Gasteiger partial charge in [0.25, 0.3) is 0 Å². The summed E-state index contributed by atoms with van der Waals surface area (Å²) in [6.07, 6.45) is 0.751. The Morgan fingerprint density at radius 3 is 2.41 bits per heavy atom. The van der Waals surface area contributed by atoms with Crippen LogP contribution in [0.15, 0.2) is 47.4 Å². The van der Waals surface area contributed by atoms with Crippen LogP contribution >= 0.6 is 0 Å². The molecule has 9 heteroatoms. The van der Waals surface area contributed by atoms with Gasteiger partial charge in [-0.2, -0.15) is 0 Å². The van der Waals surface area contributed by atoms with Gasteiger partial charge in [0.05, 0.1) is 31.3 Å². The monoisotopic (exact) mass is 462 g/mol. The van der Waals surface area contributed by atoms with Crippen LogP contribution in [0.2, 0.25) is 0 Å². The molecule has 0 bridgehead atoms. The number of rotatable bonds is 9. The van der Waals surface area contributed by atoms with Crippen molar-refractivity contribution in [2.24, 2.45) is 5.92 Å². The first-order valence-electron chi connectivity index (χ1n) is 10.6. The molecule has 0 aromatic heterocycles. The highest BCUT2D eigenvalue weighted by Gasteiger charge is 2.21. The van der Waals surface area contributed by atoms with Crippen LogP contribution in [0.4, 0.5) is 0 Å². The molecule has 0 radical (unpaired) electrons. The predicted molar refractivity (Wildman–Crippen MR) is 121 cm³/mol. The minimum absolute atomic E-state index is 0.0170. The summed E-state index contributed by atoms with van der Waals surface area (Å²) in [5.74, 6) is 1.60. The van der Waals surface area contributed by atoms with Crippen molar-refractivity contribution in [2.75, 3.05) is 26.9 Å². The SMILES string of the molecule is COc1ccc(C(NC(=O)CCNS(=O)(=O)c2ccc3c(c2)OCCCO3)C(C)C)cc1. The van der Waals surface area contributed by atoms with Crippen molar-refractivity contribution in [1.82, 2.24) is 10.0 Å². The van der Waals surface area contributed by atoms with E-state index in [2.05, 4.69) is 10.0 Å². The van der Waals surface area contributed by atoms with Gasteiger partial charge >= 0.3 is 0 Å². The molecule has 0 spiro atoms. The summed E-state index contributed by atoms with van der Waals surface area (Å²) in [5.41, 5.74) is 0.960. The molecule has 2 N–H and O–H groups in total. The summed E-state index contributed by atoms with van der Waals surface area (Å²) < 4.78 is 44.1. The highest BCUT2D eigenvalue weighted by molar-refractivity contribution is 7.89. The molecule has 2 aromatic rings. The molecule has 1 heterocycles. The Labute approximate surface area is 189 Å². The Hall–Kier alpha value is -2.78. The number of carbonyl (C=O) groups excluding carboxylic acids is 1. The molecule has 0 fully saturated rings. The van der Waals surface area contributed by atoms with Crippen LogP contribution in [0.5, 0.6) is 17.2 Å². The van der Waals surface area contributed by atoms with Crippen molar-refractivity contribution >= 4 is 15.9 Å². The van der Waals surface area contributed by atoms with Gasteiger partial charge in [-0.25, -0.2) is 13.1 Å². The minimum Gasteiger partial charge on any atom is -0.497 e. The summed E-state index contributed by atoms with van der Waals surface area (Å²) in [5, 5.41) is 2.99. The first-order chi connectivity index (χ1) is 15.3. The molecule has 0 saturated carbocycles. The lowest BCUT2D eigenvalue weighted by atomic mass is 9.96. The first kappa shape index (κ1) is 23.9. The standard InChI is InChI=1S/C23H30N2O6S/c1-16(2)23(17-5-7-18(29-3)8-6-17)25-22(26)11-12-24-32(27,28)19-9-10-20-21(15-19)31-14-4-13-30-20/h5-10,15-16,23-24H,4,11-14H2,1-3H3,(H,25,26). The summed E-state index contributed by atoms with van der Waals surface area (Å²) in [4.78, 5) is 12.6. The van der Waals surface area contributed by atoms with E-state index in [1.165, 1.54) is 12.1 Å². The number of methoxy groups -OCH3 is 1. The first-order valence-corrected chi connectivity index (χ1v) is 12.1. The summed E-state index contributed by atoms with van der Waals surface area (Å²) in [7, 11) is -2.18. The maximum atomic E-state index is 12.6. The summed E-state index contributed by atoms with van der Waals surface area (Å²) in [6.45, 7) is 5.01. The van der Waals surface area contributed by atoms with E-state index in [9.17, 15) is 13.2 Å². The van der Waals surface area contributed by atoms with Crippen molar-refractivity contribution in [3.05, 3.63) is 48.0 Å². The number of hydrogen-bond donors (Lipinski definition) is 2. The summed E-state index contributed by atoms with van der Waals surface area (Å²) >= 11 is 0. The predicted octanol–water partition coefficient (Wildman–Crippen LogP) is 3.04. The van der Waals surface area contributed by atoms with Gasteiger partial charge in [0.2, 0.25) is 15.9 Å². The lowest BCUT2D eigenvalue weighted by Crippen LogP contribution is -2.34. The van der Waals surface area contributed by atoms with Gasteiger partial charge in [0, 0.05) is 25.5 Å². The average molecular weight is 463 g/mol. The Kier molecular flexibility index (Phi) is 7.98. The second-order valence-corrected chi connectivity index (χ2v) is 9.64. The molecule has 0 aliphatic carbocycles. The van der Waals surface area contributed by atoms with Gasteiger partial charge in [-0.05, 0) is 35.7 Å². The number of carbonyl (C=O) groups is 1. The van der Waals surface area contributed by atoms with Crippen molar-refractivity contribution in [2.45, 2.75) is 37.6 Å². The average Bonchev–Trinajstić information content (AvgIpc) is 3.02. The zero-order chi connectivity index (χ0) is 23.1. The molecule has 174 valence electrons. The Morgan fingerprint density at radius 2 is 1.75 bits per heavy atom. The second-order valence-electron chi connectivity index (χ2n) is 7.87. The van der Waals surface area contributed by atoms with E-state index in [0.717, 1.165) is 17.7 Å². The molecule has 2 aromatic carbocycles. The van der Waals surface area contributed by atoms with Crippen molar-refractivity contribution in [3.8, 4) is 17.2 Å². The van der Waals surface area contributed by atoms with Crippen LogP contribution in [0.1, 0.15) is 38.3 Å². The number of benzene rings is 2. The van der Waals surface area contributed by atoms with Crippen LogP contribution in [0.3, 0.4) is 0 Å². The number of sulfonamides is 1. The lowest BCUT2D eigenvalue weighted by molar-refractivity contribution is -0.122. The van der Waals surface area contributed by atoms with Crippen LogP contribution in [0.25, 0.3) is 0 Å². The third-order valence-corrected chi connectivity index (χ3v) is 6.59. The van der Waals surface area contributed by atoms with E-state index in [0.29, 0.717) is 24.7 Å². The summed E-state index contributed by atoms with van der Waals surface area (Å²) in [6, 6.07) is 11.8. The Balaban J connectivity index is 1.57. The van der Waals surface area contributed by atoms with E-state index in [4.69, 9.17) is 14.2 Å². The van der Waals surface area contributed by atoms with Crippen molar-refractivity contribution in [1.29, 1.82) is 0 Å². The van der Waals surface area contributed by atoms with Gasteiger partial charge < -0.3 is 19.5 Å². The Bertz CT molecular complexity index is 1020. The number of amides is 1. The number of fused-ring (bicyclic) bond motifs is 1. The molecule has 0 saturated heterocycles. The fraction of sp³-hybridized carbons (Fsp3) is 0.435. The van der Waals surface area contributed by atoms with Crippen LogP contribution in [-0.4, -0.2) is 41.2 Å². The highest BCUT2D eigenvalue weighted by Crippen LogP contribution is 2.31. The van der Waals surface area contributed by atoms with Gasteiger partial charge in [0.1, 0.15) is 5.75 Å². The quantitative estimate of drug-likeness (QED) is 0.594. The second kappa shape index (κ2) is 10.7. The highest BCUT2D eigenvalue weighted by atomic mass is 32.2. The molecular formula is C23H30N2O6S. The van der Waals surface area contributed by atoms with Gasteiger partial charge in [-0.1, -0.05) is 26.0 Å².